The molecule has 0 heterocycles. The molecule has 0 N–H and O–H groups in total. The predicted molar refractivity (Wildman–Crippen MR) is 60.0 cm³/mol. The molecule has 1 aromatic rings. The molecule has 0 amide bonds. The van der Waals surface area contributed by atoms with Gasteiger partial charge in [-0.2, -0.15) is 0 Å². The van der Waals surface area contributed by atoms with Crippen LogP contribution in [0.3, 0.4) is 0 Å². The smallest absolute Gasteiger partial charge is 0.744 e. The number of hydrogen-bond acceptors (Lipinski definition) is 5. The summed E-state index contributed by atoms with van der Waals surface area (Å²) in [4.78, 5) is 10.9. The van der Waals surface area contributed by atoms with Gasteiger partial charge in [0.15, 0.2) is 0 Å². The molecular weight excluding hydrogens is 291 g/mol. The summed E-state index contributed by atoms with van der Waals surface area (Å²) in [6.45, 7) is 1.73. The number of carbonyl (C=O) groups excluding carboxylic acids is 1. The van der Waals surface area contributed by atoms with E-state index in [9.17, 15) is 17.8 Å². The Bertz CT molecular complexity index is 500. The molecule has 0 radical (unpaired) electrons. The Labute approximate surface area is 133 Å². The molecule has 0 saturated heterocycles. The summed E-state index contributed by atoms with van der Waals surface area (Å²) in [6.07, 6.45) is 0.424. The van der Waals surface area contributed by atoms with E-state index in [0.717, 1.165) is 12.1 Å². The summed E-state index contributed by atoms with van der Waals surface area (Å²) in [5.74, 6) is -0.478. The Morgan fingerprint density at radius 1 is 1.39 bits per heavy atom. The quantitative estimate of drug-likeness (QED) is 0.223. The minimum atomic E-state index is -4.49. The molecule has 94 valence electrons. The topological polar surface area (TPSA) is 83.5 Å². The zero-order valence-corrected chi connectivity index (χ0v) is 13.5. The van der Waals surface area contributed by atoms with Crippen molar-refractivity contribution in [3.05, 3.63) is 24.3 Å². The van der Waals surface area contributed by atoms with Gasteiger partial charge in [-0.05, 0) is 30.7 Å². The molecule has 8 heteroatoms. The predicted octanol–water partition coefficient (Wildman–Crippen LogP) is -1.48. The Balaban J connectivity index is 0.00000289. The van der Waals surface area contributed by atoms with Crippen molar-refractivity contribution in [2.24, 2.45) is 0 Å². The van der Waals surface area contributed by atoms with Gasteiger partial charge in [0, 0.05) is 0 Å². The zero-order chi connectivity index (χ0) is 13.1. The standard InChI is InChI=1S/C10H11ClO5S.Na/c1-2-9(11)10(12)16-7-3-5-8(6-4-7)17(13,14)15;/h3-6,9H,2H2,1H3,(H,13,14,15);/q;+1/p-1. The number of ether oxygens (including phenoxy) is 1. The first-order valence-corrected chi connectivity index (χ1v) is 6.60. The van der Waals surface area contributed by atoms with Gasteiger partial charge in [-0.15, -0.1) is 11.6 Å². The first kappa shape index (κ1) is 17.9. The second-order valence-electron chi connectivity index (χ2n) is 3.22. The fourth-order valence-corrected chi connectivity index (χ4v) is 1.54. The van der Waals surface area contributed by atoms with Crippen molar-refractivity contribution in [2.75, 3.05) is 0 Å². The van der Waals surface area contributed by atoms with Crippen LogP contribution in [-0.4, -0.2) is 24.3 Å². The van der Waals surface area contributed by atoms with Gasteiger partial charge in [0.25, 0.3) is 0 Å². The van der Waals surface area contributed by atoms with Gasteiger partial charge in [-0.25, -0.2) is 8.42 Å². The number of esters is 1. The van der Waals surface area contributed by atoms with Gasteiger partial charge in [-0.3, -0.25) is 4.79 Å². The third-order valence-corrected chi connectivity index (χ3v) is 3.28. The maximum atomic E-state index is 11.3. The van der Waals surface area contributed by atoms with Crippen molar-refractivity contribution in [3.63, 3.8) is 0 Å². The number of carbonyl (C=O) groups is 1. The molecule has 0 aromatic heterocycles. The molecule has 1 rings (SSSR count). The normalized spacial score (nSPS) is 12.4. The molecule has 0 aliphatic rings. The van der Waals surface area contributed by atoms with E-state index in [1.807, 2.05) is 0 Å². The Hall–Kier alpha value is -0.110. The first-order chi connectivity index (χ1) is 7.84. The molecule has 0 saturated carbocycles. The van der Waals surface area contributed by atoms with Crippen LogP contribution in [0.2, 0.25) is 0 Å². The van der Waals surface area contributed by atoms with E-state index in [1.165, 1.54) is 12.1 Å². The van der Waals surface area contributed by atoms with Crippen LogP contribution in [0, 0.1) is 0 Å². The van der Waals surface area contributed by atoms with E-state index in [0.29, 0.717) is 6.42 Å². The van der Waals surface area contributed by atoms with Gasteiger partial charge in [-0.1, -0.05) is 6.92 Å². The fraction of sp³-hybridized carbons (Fsp3) is 0.300. The first-order valence-electron chi connectivity index (χ1n) is 4.76. The van der Waals surface area contributed by atoms with E-state index in [-0.39, 0.29) is 40.2 Å². The van der Waals surface area contributed by atoms with Crippen LogP contribution in [0.4, 0.5) is 0 Å². The molecule has 0 spiro atoms. The van der Waals surface area contributed by atoms with Crippen molar-refractivity contribution >= 4 is 27.7 Å². The van der Waals surface area contributed by atoms with Crippen LogP contribution in [0.1, 0.15) is 13.3 Å². The van der Waals surface area contributed by atoms with Crippen LogP contribution < -0.4 is 34.3 Å². The second-order valence-corrected chi connectivity index (χ2v) is 5.13. The number of alkyl halides is 1. The Kier molecular flexibility index (Phi) is 7.43. The summed E-state index contributed by atoms with van der Waals surface area (Å²) in [5.41, 5.74) is 0. The fourth-order valence-electron chi connectivity index (χ4n) is 1.02. The van der Waals surface area contributed by atoms with E-state index in [2.05, 4.69) is 0 Å². The van der Waals surface area contributed by atoms with Crippen molar-refractivity contribution in [1.82, 2.24) is 0 Å². The minimum absolute atomic E-state index is 0. The molecule has 0 bridgehead atoms. The third kappa shape index (κ3) is 5.26. The molecule has 0 aliphatic carbocycles. The molecule has 0 fully saturated rings. The number of rotatable bonds is 4. The molecule has 1 aromatic carbocycles. The Morgan fingerprint density at radius 2 is 1.89 bits per heavy atom. The summed E-state index contributed by atoms with van der Waals surface area (Å²) in [7, 11) is -4.49. The summed E-state index contributed by atoms with van der Waals surface area (Å²) >= 11 is 5.65. The van der Waals surface area contributed by atoms with E-state index >= 15 is 0 Å². The van der Waals surface area contributed by atoms with Crippen molar-refractivity contribution in [3.8, 4) is 5.75 Å². The monoisotopic (exact) mass is 300 g/mol. The molecule has 0 aliphatic heterocycles. The van der Waals surface area contributed by atoms with Crippen molar-refractivity contribution in [1.29, 1.82) is 0 Å². The van der Waals surface area contributed by atoms with Crippen LogP contribution in [0.15, 0.2) is 29.2 Å². The number of benzene rings is 1. The van der Waals surface area contributed by atoms with Crippen LogP contribution >= 0.6 is 11.6 Å². The third-order valence-electron chi connectivity index (χ3n) is 1.95. The van der Waals surface area contributed by atoms with Gasteiger partial charge in [0.1, 0.15) is 21.2 Å². The zero-order valence-electron chi connectivity index (χ0n) is 9.92. The minimum Gasteiger partial charge on any atom is -0.744 e. The van der Waals surface area contributed by atoms with E-state index in [1.54, 1.807) is 6.92 Å². The summed E-state index contributed by atoms with van der Waals surface area (Å²) < 4.78 is 36.8. The van der Waals surface area contributed by atoms with Crippen LogP contribution in [0.5, 0.6) is 5.75 Å². The van der Waals surface area contributed by atoms with Crippen LogP contribution in [-0.2, 0) is 14.9 Å². The average Bonchev–Trinajstić information content (AvgIpc) is 2.27. The summed E-state index contributed by atoms with van der Waals surface area (Å²) in [6, 6.07) is 4.59. The van der Waals surface area contributed by atoms with Gasteiger partial charge < -0.3 is 9.29 Å². The maximum absolute atomic E-state index is 11.3. The molecular formula is C10H10ClNaO5S. The number of halogens is 1. The van der Waals surface area contributed by atoms with Crippen molar-refractivity contribution < 1.29 is 52.1 Å². The molecule has 1 atom stereocenters. The van der Waals surface area contributed by atoms with Gasteiger partial charge in [0.2, 0.25) is 0 Å². The SMILES string of the molecule is CCC(Cl)C(=O)Oc1ccc(S(=O)(=O)[O-])cc1.[Na+]. The Morgan fingerprint density at radius 3 is 2.28 bits per heavy atom. The van der Waals surface area contributed by atoms with Gasteiger partial charge in [0.05, 0.1) is 4.90 Å². The van der Waals surface area contributed by atoms with Gasteiger partial charge >= 0.3 is 35.5 Å². The maximum Gasteiger partial charge on any atom is 1.00 e. The molecule has 1 unspecified atom stereocenters. The molecule has 18 heavy (non-hydrogen) atoms. The van der Waals surface area contributed by atoms with Crippen molar-refractivity contribution in [2.45, 2.75) is 23.6 Å². The summed E-state index contributed by atoms with van der Waals surface area (Å²) in [5, 5.41) is -0.752. The molecule has 5 nitrogen and oxygen atoms in total. The average molecular weight is 301 g/mol. The largest absolute Gasteiger partial charge is 1.00 e. The number of hydrogen-bond donors (Lipinski definition) is 0. The van der Waals surface area contributed by atoms with E-state index < -0.39 is 21.5 Å². The van der Waals surface area contributed by atoms with E-state index in [4.69, 9.17) is 16.3 Å². The second kappa shape index (κ2) is 7.47. The van der Waals surface area contributed by atoms with Crippen LogP contribution in [0.25, 0.3) is 0 Å².